The van der Waals surface area contributed by atoms with Crippen LogP contribution in [0.25, 0.3) is 0 Å². The van der Waals surface area contributed by atoms with Gasteiger partial charge in [0.05, 0.1) is 24.4 Å². The van der Waals surface area contributed by atoms with E-state index in [4.69, 9.17) is 9.84 Å². The molecule has 110 valence electrons. The first-order valence-electron chi connectivity index (χ1n) is 6.55. The third kappa shape index (κ3) is 4.64. The lowest BCUT2D eigenvalue weighted by atomic mass is 10.1. The van der Waals surface area contributed by atoms with Crippen molar-refractivity contribution in [3.63, 3.8) is 0 Å². The maximum absolute atomic E-state index is 13.2. The number of aromatic nitrogens is 1. The predicted octanol–water partition coefficient (Wildman–Crippen LogP) is 2.69. The van der Waals surface area contributed by atoms with Gasteiger partial charge in [0.15, 0.2) is 0 Å². The number of rotatable bonds is 5. The summed E-state index contributed by atoms with van der Waals surface area (Å²) in [7, 11) is 0. The zero-order valence-corrected chi connectivity index (χ0v) is 12.5. The summed E-state index contributed by atoms with van der Waals surface area (Å²) in [5.41, 5.74) is 4.24. The smallest absolute Gasteiger partial charge is 0.124 e. The van der Waals surface area contributed by atoms with Gasteiger partial charge in [0, 0.05) is 16.9 Å². The molecular formula is C16H16FNO2S. The summed E-state index contributed by atoms with van der Waals surface area (Å²) in [6.07, 6.45) is 0.815. The van der Waals surface area contributed by atoms with Crippen LogP contribution in [-0.4, -0.2) is 23.3 Å². The molecule has 3 nitrogen and oxygen atoms in total. The van der Waals surface area contributed by atoms with Crippen molar-refractivity contribution in [2.24, 2.45) is 0 Å². The number of hydrogen-bond donors (Lipinski definition) is 1. The van der Waals surface area contributed by atoms with Gasteiger partial charge in [-0.05, 0) is 24.6 Å². The molecule has 0 unspecified atom stereocenters. The minimum absolute atomic E-state index is 0.249. The van der Waals surface area contributed by atoms with Crippen molar-refractivity contribution < 1.29 is 14.2 Å². The lowest BCUT2D eigenvalue weighted by Crippen LogP contribution is -2.01. The Morgan fingerprint density at radius 2 is 2.29 bits per heavy atom. The van der Waals surface area contributed by atoms with Crippen molar-refractivity contribution in [1.29, 1.82) is 0 Å². The molecule has 0 spiro atoms. The Morgan fingerprint density at radius 1 is 1.43 bits per heavy atom. The topological polar surface area (TPSA) is 42.4 Å². The summed E-state index contributed by atoms with van der Waals surface area (Å²) >= 11 is 1.62. The van der Waals surface area contributed by atoms with E-state index in [2.05, 4.69) is 16.8 Å². The quantitative estimate of drug-likeness (QED) is 0.682. The number of halogens is 1. The highest BCUT2D eigenvalue weighted by molar-refractivity contribution is 7.09. The summed E-state index contributed by atoms with van der Waals surface area (Å²) in [5, 5.41) is 8.73. The van der Waals surface area contributed by atoms with Crippen LogP contribution in [0.15, 0.2) is 23.7 Å². The summed E-state index contributed by atoms with van der Waals surface area (Å²) in [6.45, 7) is 2.68. The number of aryl methyl sites for hydroxylation is 1. The molecule has 1 aromatic heterocycles. The number of benzene rings is 1. The van der Waals surface area contributed by atoms with E-state index in [1.807, 2.05) is 12.4 Å². The predicted molar refractivity (Wildman–Crippen MR) is 80.6 cm³/mol. The molecular weight excluding hydrogens is 289 g/mol. The number of thiazole rings is 1. The fraction of sp³-hybridized carbons (Fsp3) is 0.312. The number of aliphatic hydroxyl groups is 1. The molecule has 0 aliphatic carbocycles. The second-order valence-electron chi connectivity index (χ2n) is 4.42. The van der Waals surface area contributed by atoms with Crippen LogP contribution in [-0.2, 0) is 17.8 Å². The molecule has 0 bridgehead atoms. The molecule has 5 heteroatoms. The van der Waals surface area contributed by atoms with E-state index in [1.54, 1.807) is 17.4 Å². The largest absolute Gasteiger partial charge is 0.384 e. The van der Waals surface area contributed by atoms with Crippen LogP contribution in [0, 0.1) is 24.6 Å². The fourth-order valence-electron chi connectivity index (χ4n) is 1.84. The van der Waals surface area contributed by atoms with E-state index in [0.29, 0.717) is 18.8 Å². The van der Waals surface area contributed by atoms with Gasteiger partial charge in [0.25, 0.3) is 0 Å². The molecule has 1 N–H and O–H groups in total. The van der Waals surface area contributed by atoms with Crippen LogP contribution >= 0.6 is 11.3 Å². The van der Waals surface area contributed by atoms with Crippen LogP contribution in [0.5, 0.6) is 0 Å². The van der Waals surface area contributed by atoms with Gasteiger partial charge in [-0.3, -0.25) is 0 Å². The average Bonchev–Trinajstić information content (AvgIpc) is 2.88. The number of hydrogen-bond acceptors (Lipinski definition) is 4. The molecule has 0 radical (unpaired) electrons. The van der Waals surface area contributed by atoms with Crippen molar-refractivity contribution in [2.75, 3.05) is 13.2 Å². The third-order valence-electron chi connectivity index (χ3n) is 2.95. The fourth-order valence-corrected chi connectivity index (χ4v) is 2.60. The normalized spacial score (nSPS) is 10.2. The van der Waals surface area contributed by atoms with Crippen molar-refractivity contribution in [3.05, 3.63) is 51.2 Å². The lowest BCUT2D eigenvalue weighted by molar-refractivity contribution is 0.124. The van der Waals surface area contributed by atoms with Gasteiger partial charge in [-0.2, -0.15) is 0 Å². The second kappa shape index (κ2) is 7.89. The van der Waals surface area contributed by atoms with E-state index in [0.717, 1.165) is 17.7 Å². The minimum Gasteiger partial charge on any atom is -0.384 e. The monoisotopic (exact) mass is 305 g/mol. The Kier molecular flexibility index (Phi) is 5.88. The van der Waals surface area contributed by atoms with Gasteiger partial charge in [-0.15, -0.1) is 11.3 Å². The molecule has 1 aromatic carbocycles. The van der Waals surface area contributed by atoms with Crippen molar-refractivity contribution in [2.45, 2.75) is 20.0 Å². The molecule has 0 aliphatic heterocycles. The number of nitrogens with zero attached hydrogens (tertiary/aromatic N) is 1. The second-order valence-corrected chi connectivity index (χ2v) is 5.36. The molecule has 2 rings (SSSR count). The molecule has 1 heterocycles. The van der Waals surface area contributed by atoms with Gasteiger partial charge in [-0.25, -0.2) is 9.37 Å². The van der Waals surface area contributed by atoms with Gasteiger partial charge >= 0.3 is 0 Å². The third-order valence-corrected chi connectivity index (χ3v) is 3.94. The van der Waals surface area contributed by atoms with Gasteiger partial charge < -0.3 is 9.84 Å². The van der Waals surface area contributed by atoms with E-state index in [1.165, 1.54) is 17.0 Å². The zero-order chi connectivity index (χ0) is 15.1. The van der Waals surface area contributed by atoms with Crippen LogP contribution in [0.3, 0.4) is 0 Å². The van der Waals surface area contributed by atoms with Crippen molar-refractivity contribution >= 4 is 11.3 Å². The minimum atomic E-state index is -0.346. The highest BCUT2D eigenvalue weighted by Crippen LogP contribution is 2.14. The van der Waals surface area contributed by atoms with Crippen LogP contribution in [0.1, 0.15) is 21.7 Å². The van der Waals surface area contributed by atoms with Gasteiger partial charge in [0.2, 0.25) is 0 Å². The summed E-state index contributed by atoms with van der Waals surface area (Å²) in [6, 6.07) is 4.40. The first-order chi connectivity index (χ1) is 10.2. The van der Waals surface area contributed by atoms with E-state index in [-0.39, 0.29) is 12.4 Å². The molecule has 0 atom stereocenters. The van der Waals surface area contributed by atoms with Crippen LogP contribution in [0.2, 0.25) is 0 Å². The standard InChI is InChI=1S/C16H16FNO2S/c1-12-16(21-11-18-12)6-8-20-10-14-4-5-15(17)9-13(14)3-2-7-19/h4-5,9,11,19H,6-8,10H2,1H3. The van der Waals surface area contributed by atoms with E-state index >= 15 is 0 Å². The molecule has 0 amide bonds. The van der Waals surface area contributed by atoms with Gasteiger partial charge in [0.1, 0.15) is 12.4 Å². The van der Waals surface area contributed by atoms with Crippen molar-refractivity contribution in [1.82, 2.24) is 4.98 Å². The van der Waals surface area contributed by atoms with Crippen LogP contribution in [0.4, 0.5) is 4.39 Å². The molecule has 21 heavy (non-hydrogen) atoms. The summed E-state index contributed by atoms with van der Waals surface area (Å²) < 4.78 is 18.9. The Morgan fingerprint density at radius 3 is 3.00 bits per heavy atom. The molecule has 0 saturated carbocycles. The van der Waals surface area contributed by atoms with Crippen molar-refractivity contribution in [3.8, 4) is 11.8 Å². The first-order valence-corrected chi connectivity index (χ1v) is 7.43. The molecule has 0 fully saturated rings. The highest BCUT2D eigenvalue weighted by atomic mass is 32.1. The maximum Gasteiger partial charge on any atom is 0.124 e. The van der Waals surface area contributed by atoms with Gasteiger partial charge in [-0.1, -0.05) is 17.9 Å². The highest BCUT2D eigenvalue weighted by Gasteiger charge is 2.04. The average molecular weight is 305 g/mol. The summed E-state index contributed by atoms with van der Waals surface area (Å²) in [4.78, 5) is 5.41. The number of ether oxygens (including phenoxy) is 1. The van der Waals surface area contributed by atoms with E-state index < -0.39 is 0 Å². The Balaban J connectivity index is 1.92. The number of aliphatic hydroxyl groups excluding tert-OH is 1. The Labute approximate surface area is 127 Å². The SMILES string of the molecule is Cc1ncsc1CCOCc1ccc(F)cc1C#CCO. The first kappa shape index (κ1) is 15.6. The summed E-state index contributed by atoms with van der Waals surface area (Å²) in [5.74, 6) is 4.92. The maximum atomic E-state index is 13.2. The van der Waals surface area contributed by atoms with E-state index in [9.17, 15) is 4.39 Å². The zero-order valence-electron chi connectivity index (χ0n) is 11.7. The lowest BCUT2D eigenvalue weighted by Gasteiger charge is -2.06. The van der Waals surface area contributed by atoms with Crippen LogP contribution < -0.4 is 0 Å². The Hall–Kier alpha value is -1.74. The molecule has 0 aliphatic rings. The molecule has 0 saturated heterocycles. The Bertz CT molecular complexity index is 658. The molecule has 2 aromatic rings.